The van der Waals surface area contributed by atoms with Gasteiger partial charge in [-0.15, -0.1) is 0 Å². The van der Waals surface area contributed by atoms with Crippen molar-refractivity contribution in [1.82, 2.24) is 4.90 Å². The lowest BCUT2D eigenvalue weighted by Gasteiger charge is -2.26. The normalized spacial score (nSPS) is 15.9. The standard InChI is InChI=1S/C10H12NO/c1-2-6-10(9-12)11-7-4-3-5-8-11/h1,3-5,7-8H2. The van der Waals surface area contributed by atoms with Gasteiger partial charge >= 0.3 is 0 Å². The molecule has 0 spiro atoms. The van der Waals surface area contributed by atoms with Gasteiger partial charge in [-0.05, 0) is 25.2 Å². The molecule has 1 saturated heterocycles. The van der Waals surface area contributed by atoms with E-state index in [0.717, 1.165) is 25.9 Å². The Hall–Kier alpha value is -1.19. The molecule has 1 radical (unpaired) electrons. The third-order valence-corrected chi connectivity index (χ3v) is 1.98. The Morgan fingerprint density at radius 2 is 1.92 bits per heavy atom. The first-order valence-corrected chi connectivity index (χ1v) is 4.16. The average Bonchev–Trinajstić information content (AvgIpc) is 2.15. The number of piperidine rings is 1. The average molecular weight is 162 g/mol. The van der Waals surface area contributed by atoms with Gasteiger partial charge in [0, 0.05) is 20.0 Å². The maximum atomic E-state index is 10.5. The summed E-state index contributed by atoms with van der Waals surface area (Å²) < 4.78 is 0. The zero-order valence-electron chi connectivity index (χ0n) is 7.10. The second-order valence-electron chi connectivity index (χ2n) is 2.80. The second kappa shape index (κ2) is 4.64. The van der Waals surface area contributed by atoms with Crippen molar-refractivity contribution in [2.45, 2.75) is 19.3 Å². The molecule has 0 saturated carbocycles. The van der Waals surface area contributed by atoms with Crippen LogP contribution in [0.5, 0.6) is 0 Å². The molecular formula is C10H12NO. The van der Waals surface area contributed by atoms with Gasteiger partial charge in [-0.3, -0.25) is 0 Å². The Morgan fingerprint density at radius 3 is 2.42 bits per heavy atom. The lowest BCUT2D eigenvalue weighted by molar-refractivity contribution is 0.297. The molecule has 0 aliphatic carbocycles. The van der Waals surface area contributed by atoms with Crippen LogP contribution in [0, 0.1) is 18.8 Å². The van der Waals surface area contributed by atoms with Gasteiger partial charge in [0.15, 0.2) is 11.6 Å². The molecule has 0 aromatic rings. The molecule has 1 rings (SSSR count). The summed E-state index contributed by atoms with van der Waals surface area (Å²) in [7, 11) is 0. The van der Waals surface area contributed by atoms with E-state index in [9.17, 15) is 4.79 Å². The Kier molecular flexibility index (Phi) is 3.44. The third-order valence-electron chi connectivity index (χ3n) is 1.98. The minimum atomic E-state index is 0.463. The number of hydrogen-bond donors (Lipinski definition) is 0. The summed E-state index contributed by atoms with van der Waals surface area (Å²) in [5.41, 5.74) is 0.463. The molecule has 0 amide bonds. The number of hydrogen-bond acceptors (Lipinski definition) is 2. The van der Waals surface area contributed by atoms with Crippen LogP contribution in [-0.2, 0) is 4.79 Å². The van der Waals surface area contributed by atoms with Crippen molar-refractivity contribution in [3.63, 3.8) is 0 Å². The largest absolute Gasteiger partial charge is 0.356 e. The fourth-order valence-corrected chi connectivity index (χ4v) is 1.37. The zero-order chi connectivity index (χ0) is 8.81. The summed E-state index contributed by atoms with van der Waals surface area (Å²) in [5.74, 6) is 6.99. The molecule has 0 atom stereocenters. The van der Waals surface area contributed by atoms with Gasteiger partial charge in [0.1, 0.15) is 0 Å². The van der Waals surface area contributed by atoms with Crippen molar-refractivity contribution in [3.8, 4) is 11.8 Å². The Labute approximate surface area is 73.2 Å². The molecule has 12 heavy (non-hydrogen) atoms. The van der Waals surface area contributed by atoms with E-state index in [2.05, 4.69) is 18.8 Å². The molecular weight excluding hydrogens is 150 g/mol. The minimum absolute atomic E-state index is 0.463. The summed E-state index contributed by atoms with van der Waals surface area (Å²) in [6.07, 6.45) is 3.54. The van der Waals surface area contributed by atoms with Crippen LogP contribution in [0.1, 0.15) is 19.3 Å². The van der Waals surface area contributed by atoms with Crippen LogP contribution < -0.4 is 0 Å². The number of nitrogens with zero attached hydrogens (tertiary/aromatic N) is 1. The molecule has 2 heteroatoms. The van der Waals surface area contributed by atoms with E-state index in [-0.39, 0.29) is 0 Å². The lowest BCUT2D eigenvalue weighted by Crippen LogP contribution is -2.28. The van der Waals surface area contributed by atoms with Gasteiger partial charge in [0.05, 0.1) is 0 Å². The van der Waals surface area contributed by atoms with E-state index in [1.165, 1.54) is 6.42 Å². The summed E-state index contributed by atoms with van der Waals surface area (Å²) in [6.45, 7) is 5.24. The summed E-state index contributed by atoms with van der Waals surface area (Å²) in [6, 6.07) is 0. The molecule has 1 fully saturated rings. The van der Waals surface area contributed by atoms with E-state index in [4.69, 9.17) is 0 Å². The highest BCUT2D eigenvalue weighted by Crippen LogP contribution is 2.11. The first kappa shape index (κ1) is 8.90. The Balaban J connectivity index is 2.63. The predicted octanol–water partition coefficient (Wildman–Crippen LogP) is 1.03. The molecule has 0 N–H and O–H groups in total. The maximum absolute atomic E-state index is 10.5. The smallest absolute Gasteiger partial charge is 0.174 e. The van der Waals surface area contributed by atoms with Crippen LogP contribution in [0.2, 0.25) is 0 Å². The number of rotatable bonds is 1. The molecule has 1 aliphatic rings. The highest BCUT2D eigenvalue weighted by molar-refractivity contribution is 5.59. The first-order chi connectivity index (χ1) is 5.88. The van der Waals surface area contributed by atoms with Crippen molar-refractivity contribution < 1.29 is 4.79 Å². The van der Waals surface area contributed by atoms with Crippen LogP contribution in [-0.4, -0.2) is 23.9 Å². The minimum Gasteiger partial charge on any atom is -0.356 e. The van der Waals surface area contributed by atoms with Crippen molar-refractivity contribution in [1.29, 1.82) is 0 Å². The van der Waals surface area contributed by atoms with E-state index in [1.54, 1.807) is 0 Å². The topological polar surface area (TPSA) is 20.3 Å². The molecule has 0 unspecified atom stereocenters. The highest BCUT2D eigenvalue weighted by atomic mass is 16.1. The van der Waals surface area contributed by atoms with Gasteiger partial charge in [-0.2, -0.15) is 0 Å². The Bertz CT molecular complexity index is 247. The number of allylic oxidation sites excluding steroid dienone is 1. The molecule has 2 nitrogen and oxygen atoms in total. The van der Waals surface area contributed by atoms with Crippen LogP contribution >= 0.6 is 0 Å². The zero-order valence-corrected chi connectivity index (χ0v) is 7.10. The van der Waals surface area contributed by atoms with Crippen molar-refractivity contribution in [2.75, 3.05) is 13.1 Å². The van der Waals surface area contributed by atoms with E-state index < -0.39 is 0 Å². The van der Waals surface area contributed by atoms with Gasteiger partial charge in [-0.25, -0.2) is 4.79 Å². The molecule has 1 aliphatic heterocycles. The van der Waals surface area contributed by atoms with Gasteiger partial charge in [0.25, 0.3) is 0 Å². The van der Waals surface area contributed by atoms with E-state index >= 15 is 0 Å². The first-order valence-electron chi connectivity index (χ1n) is 4.16. The van der Waals surface area contributed by atoms with Crippen molar-refractivity contribution in [3.05, 3.63) is 12.6 Å². The van der Waals surface area contributed by atoms with Crippen molar-refractivity contribution >= 4 is 5.94 Å². The fraction of sp³-hybridized carbons (Fsp3) is 0.500. The fourth-order valence-electron chi connectivity index (χ4n) is 1.37. The quantitative estimate of drug-likeness (QED) is 0.424. The monoisotopic (exact) mass is 162 g/mol. The molecule has 0 bridgehead atoms. The maximum Gasteiger partial charge on any atom is 0.174 e. The van der Waals surface area contributed by atoms with Gasteiger partial charge in [0.2, 0.25) is 0 Å². The highest BCUT2D eigenvalue weighted by Gasteiger charge is 2.11. The molecule has 0 aromatic heterocycles. The Morgan fingerprint density at radius 1 is 1.25 bits per heavy atom. The van der Waals surface area contributed by atoms with Crippen LogP contribution in [0.3, 0.4) is 0 Å². The third kappa shape index (κ3) is 2.15. The summed E-state index contributed by atoms with van der Waals surface area (Å²) >= 11 is 0. The number of likely N-dealkylation sites (tertiary alicyclic amines) is 1. The molecule has 1 heterocycles. The van der Waals surface area contributed by atoms with Crippen LogP contribution in [0.15, 0.2) is 5.70 Å². The predicted molar refractivity (Wildman–Crippen MR) is 47.8 cm³/mol. The van der Waals surface area contributed by atoms with E-state index in [1.807, 2.05) is 10.8 Å². The lowest BCUT2D eigenvalue weighted by atomic mass is 10.1. The van der Waals surface area contributed by atoms with E-state index in [0.29, 0.717) is 5.70 Å². The van der Waals surface area contributed by atoms with Crippen LogP contribution in [0.25, 0.3) is 0 Å². The summed E-state index contributed by atoms with van der Waals surface area (Å²) in [5, 5.41) is 0. The summed E-state index contributed by atoms with van der Waals surface area (Å²) in [4.78, 5) is 12.4. The van der Waals surface area contributed by atoms with Gasteiger partial charge in [-0.1, -0.05) is 5.92 Å². The van der Waals surface area contributed by atoms with Crippen molar-refractivity contribution in [2.24, 2.45) is 0 Å². The van der Waals surface area contributed by atoms with Gasteiger partial charge < -0.3 is 4.90 Å². The SMILES string of the molecule is [CH2]C#CC(=C=O)N1CCCCC1. The number of carbonyl (C=O) groups excluding carboxylic acids is 1. The molecule has 0 aromatic carbocycles. The second-order valence-corrected chi connectivity index (χ2v) is 2.80. The van der Waals surface area contributed by atoms with Crippen LogP contribution in [0.4, 0.5) is 0 Å². The molecule has 63 valence electrons.